The highest BCUT2D eigenvalue weighted by atomic mass is 19.1. The summed E-state index contributed by atoms with van der Waals surface area (Å²) < 4.78 is 55.1. The highest BCUT2D eigenvalue weighted by molar-refractivity contribution is 5.85. The first kappa shape index (κ1) is 22.0. The average Bonchev–Trinajstić information content (AvgIpc) is 3.11. The van der Waals surface area contributed by atoms with Gasteiger partial charge in [-0.15, -0.1) is 0 Å². The number of ether oxygens (including phenoxy) is 2. The lowest BCUT2D eigenvalue weighted by molar-refractivity contribution is -0.119. The number of hydrogen-bond donors (Lipinski definition) is 2. The maximum absolute atomic E-state index is 14.4. The molecule has 33 heavy (non-hydrogen) atoms. The predicted octanol–water partition coefficient (Wildman–Crippen LogP) is 4.34. The first-order valence-corrected chi connectivity index (χ1v) is 9.77. The largest absolute Gasteiger partial charge is 0.497 e. The summed E-state index contributed by atoms with van der Waals surface area (Å²) in [7, 11) is 1.47. The Balaban J connectivity index is 1.98. The van der Waals surface area contributed by atoms with E-state index in [0.29, 0.717) is 22.5 Å². The maximum atomic E-state index is 14.4. The monoisotopic (exact) mass is 456 g/mol. The van der Waals surface area contributed by atoms with Crippen LogP contribution >= 0.6 is 0 Å². The zero-order valence-electron chi connectivity index (χ0n) is 17.7. The van der Waals surface area contributed by atoms with Gasteiger partial charge in [-0.1, -0.05) is 6.07 Å². The van der Waals surface area contributed by atoms with Crippen LogP contribution in [0.5, 0.6) is 11.5 Å². The van der Waals surface area contributed by atoms with Gasteiger partial charge in [0.2, 0.25) is 0 Å². The van der Waals surface area contributed by atoms with Crippen LogP contribution in [0.15, 0.2) is 48.7 Å². The summed E-state index contributed by atoms with van der Waals surface area (Å²) in [6, 6.07) is 9.28. The van der Waals surface area contributed by atoms with Crippen molar-refractivity contribution in [3.05, 3.63) is 71.7 Å². The zero-order valence-corrected chi connectivity index (χ0v) is 17.7. The molecule has 2 heterocycles. The molecule has 4 aromatic rings. The second-order valence-corrected chi connectivity index (χ2v) is 7.18. The number of nitrogens with zero attached hydrogens (tertiary/aromatic N) is 2. The number of halogens is 3. The maximum Gasteiger partial charge on any atom is 0.255 e. The second-order valence-electron chi connectivity index (χ2n) is 7.18. The predicted molar refractivity (Wildman–Crippen MR) is 116 cm³/mol. The molecule has 0 aliphatic heterocycles. The molecule has 0 spiro atoms. The lowest BCUT2D eigenvalue weighted by Gasteiger charge is -2.16. The standard InChI is InChI=1S/C23H19F3N4O3/c1-12-8-14(32-2)9-17(33-11-18(27)31)20(12)22-23(29-21-15(25)4-3-5-16(21)26)30-10-13(24)6-7-19(30)28-22/h3-10,29H,11H2,1-2H3,(H2,27,31). The normalized spacial score (nSPS) is 10.9. The number of imidazole rings is 1. The molecular weight excluding hydrogens is 437 g/mol. The van der Waals surface area contributed by atoms with E-state index in [1.54, 1.807) is 13.0 Å². The number of nitrogens with two attached hydrogens (primary N) is 1. The number of carbonyl (C=O) groups excluding carboxylic acids is 1. The summed E-state index contributed by atoms with van der Waals surface area (Å²) in [5.41, 5.74) is 6.34. The molecule has 7 nitrogen and oxygen atoms in total. The number of rotatable bonds is 7. The minimum Gasteiger partial charge on any atom is -0.497 e. The zero-order chi connectivity index (χ0) is 23.7. The number of para-hydroxylation sites is 1. The number of benzene rings is 2. The first-order chi connectivity index (χ1) is 15.8. The van der Waals surface area contributed by atoms with Gasteiger partial charge < -0.3 is 20.5 Å². The number of aromatic nitrogens is 2. The van der Waals surface area contributed by atoms with Gasteiger partial charge in [0.05, 0.1) is 7.11 Å². The highest BCUT2D eigenvalue weighted by Crippen LogP contribution is 2.41. The number of pyridine rings is 1. The summed E-state index contributed by atoms with van der Waals surface area (Å²) >= 11 is 0. The quantitative estimate of drug-likeness (QED) is 0.432. The number of amides is 1. The molecular formula is C23H19F3N4O3. The molecule has 0 fully saturated rings. The molecule has 2 aromatic heterocycles. The van der Waals surface area contributed by atoms with E-state index in [1.807, 2.05) is 0 Å². The fourth-order valence-electron chi connectivity index (χ4n) is 3.46. The van der Waals surface area contributed by atoms with Crippen LogP contribution < -0.4 is 20.5 Å². The first-order valence-electron chi connectivity index (χ1n) is 9.77. The van der Waals surface area contributed by atoms with Gasteiger partial charge in [0, 0.05) is 17.8 Å². The van der Waals surface area contributed by atoms with Crippen molar-refractivity contribution >= 4 is 23.1 Å². The Morgan fingerprint density at radius 2 is 1.88 bits per heavy atom. The smallest absolute Gasteiger partial charge is 0.255 e. The second kappa shape index (κ2) is 8.73. The lowest BCUT2D eigenvalue weighted by Crippen LogP contribution is -2.20. The third kappa shape index (κ3) is 4.27. The van der Waals surface area contributed by atoms with Crippen LogP contribution in [0.25, 0.3) is 16.9 Å². The van der Waals surface area contributed by atoms with E-state index in [4.69, 9.17) is 15.2 Å². The van der Waals surface area contributed by atoms with E-state index < -0.39 is 35.7 Å². The molecule has 4 rings (SSSR count). The Kier molecular flexibility index (Phi) is 5.82. The SMILES string of the molecule is COc1cc(C)c(-c2nc3ccc(F)cn3c2Nc2c(F)cccc2F)c(OCC(N)=O)c1. The van der Waals surface area contributed by atoms with Gasteiger partial charge >= 0.3 is 0 Å². The number of anilines is 2. The number of primary amides is 1. The van der Waals surface area contributed by atoms with Crippen LogP contribution in [0, 0.1) is 24.4 Å². The van der Waals surface area contributed by atoms with E-state index in [9.17, 15) is 18.0 Å². The molecule has 3 N–H and O–H groups in total. The number of nitrogens with one attached hydrogen (secondary N) is 1. The number of methoxy groups -OCH3 is 1. The minimum absolute atomic E-state index is 0.0886. The van der Waals surface area contributed by atoms with Gasteiger partial charge in [0.25, 0.3) is 5.91 Å². The summed E-state index contributed by atoms with van der Waals surface area (Å²) in [4.78, 5) is 15.9. The molecule has 0 atom stereocenters. The Morgan fingerprint density at radius 3 is 2.55 bits per heavy atom. The van der Waals surface area contributed by atoms with Gasteiger partial charge in [-0.2, -0.15) is 0 Å². The molecule has 10 heteroatoms. The van der Waals surface area contributed by atoms with E-state index in [2.05, 4.69) is 10.3 Å². The third-order valence-electron chi connectivity index (χ3n) is 4.90. The third-order valence-corrected chi connectivity index (χ3v) is 4.90. The Hall–Kier alpha value is -4.21. The van der Waals surface area contributed by atoms with Gasteiger partial charge in [-0.05, 0) is 42.8 Å². The van der Waals surface area contributed by atoms with Crippen LogP contribution in [0.3, 0.4) is 0 Å². The molecule has 0 saturated heterocycles. The fourth-order valence-corrected chi connectivity index (χ4v) is 3.46. The summed E-state index contributed by atoms with van der Waals surface area (Å²) in [5.74, 6) is -2.24. The van der Waals surface area contributed by atoms with Gasteiger partial charge in [0.1, 0.15) is 51.8 Å². The Labute approximate surface area is 186 Å². The molecule has 2 aromatic carbocycles. The average molecular weight is 456 g/mol. The van der Waals surface area contributed by atoms with Crippen molar-refractivity contribution in [3.63, 3.8) is 0 Å². The minimum atomic E-state index is -0.844. The molecule has 0 bridgehead atoms. The Morgan fingerprint density at radius 1 is 1.15 bits per heavy atom. The molecule has 0 unspecified atom stereocenters. The molecule has 170 valence electrons. The molecule has 0 aliphatic carbocycles. The molecule has 0 aliphatic rings. The Bertz CT molecular complexity index is 1350. The van der Waals surface area contributed by atoms with E-state index in [1.165, 1.54) is 35.8 Å². The van der Waals surface area contributed by atoms with Crippen molar-refractivity contribution in [1.82, 2.24) is 9.38 Å². The number of carbonyl (C=O) groups is 1. The van der Waals surface area contributed by atoms with Crippen LogP contribution in [0.1, 0.15) is 5.56 Å². The van der Waals surface area contributed by atoms with Crippen molar-refractivity contribution in [1.29, 1.82) is 0 Å². The number of fused-ring (bicyclic) bond motifs is 1. The topological polar surface area (TPSA) is 90.9 Å². The molecule has 0 saturated carbocycles. The number of hydrogen-bond acceptors (Lipinski definition) is 5. The van der Waals surface area contributed by atoms with Crippen molar-refractivity contribution < 1.29 is 27.4 Å². The fraction of sp³-hybridized carbons (Fsp3) is 0.130. The van der Waals surface area contributed by atoms with Gasteiger partial charge in [-0.3, -0.25) is 9.20 Å². The van der Waals surface area contributed by atoms with Crippen molar-refractivity contribution in [2.24, 2.45) is 5.73 Å². The lowest BCUT2D eigenvalue weighted by atomic mass is 10.0. The van der Waals surface area contributed by atoms with Gasteiger partial charge in [0.15, 0.2) is 6.61 Å². The van der Waals surface area contributed by atoms with Crippen molar-refractivity contribution in [3.8, 4) is 22.8 Å². The van der Waals surface area contributed by atoms with Gasteiger partial charge in [-0.25, -0.2) is 18.2 Å². The summed E-state index contributed by atoms with van der Waals surface area (Å²) in [5, 5.41) is 2.71. The van der Waals surface area contributed by atoms with Crippen LogP contribution in [-0.4, -0.2) is 29.0 Å². The number of aryl methyl sites for hydroxylation is 1. The summed E-state index contributed by atoms with van der Waals surface area (Å²) in [6.07, 6.45) is 1.13. The van der Waals surface area contributed by atoms with Crippen molar-refractivity contribution in [2.45, 2.75) is 6.92 Å². The van der Waals surface area contributed by atoms with E-state index in [0.717, 1.165) is 18.3 Å². The van der Waals surface area contributed by atoms with E-state index in [-0.39, 0.29) is 17.3 Å². The highest BCUT2D eigenvalue weighted by Gasteiger charge is 2.23. The summed E-state index contributed by atoms with van der Waals surface area (Å²) in [6.45, 7) is 1.32. The van der Waals surface area contributed by atoms with Crippen molar-refractivity contribution in [2.75, 3.05) is 19.0 Å². The molecule has 1 amide bonds. The molecule has 0 radical (unpaired) electrons. The van der Waals surface area contributed by atoms with Crippen LogP contribution in [0.2, 0.25) is 0 Å². The van der Waals surface area contributed by atoms with E-state index >= 15 is 0 Å². The van der Waals surface area contributed by atoms with Crippen LogP contribution in [0.4, 0.5) is 24.7 Å². The van der Waals surface area contributed by atoms with Crippen LogP contribution in [-0.2, 0) is 4.79 Å².